The van der Waals surface area contributed by atoms with Crippen molar-refractivity contribution in [3.63, 3.8) is 0 Å². The Morgan fingerprint density at radius 1 is 0.375 bits per heavy atom. The van der Waals surface area contributed by atoms with E-state index in [0.717, 1.165) is 0 Å². The molecule has 0 aromatic heterocycles. The van der Waals surface area contributed by atoms with Crippen molar-refractivity contribution in [3.8, 4) is 0 Å². The van der Waals surface area contributed by atoms with Gasteiger partial charge >= 0.3 is 0 Å². The largest absolute Gasteiger partial charge is 0.0614 e. The first-order chi connectivity index (χ1) is 11.9. The third-order valence-corrected chi connectivity index (χ3v) is 5.48. The van der Waals surface area contributed by atoms with E-state index in [1.54, 1.807) is 0 Å². The van der Waals surface area contributed by atoms with Crippen LogP contribution in [0.1, 0.15) is 22.3 Å². The Labute approximate surface area is 142 Å². The van der Waals surface area contributed by atoms with Crippen molar-refractivity contribution >= 4 is 21.5 Å². The van der Waals surface area contributed by atoms with Gasteiger partial charge in [0.1, 0.15) is 0 Å². The summed E-state index contributed by atoms with van der Waals surface area (Å²) in [6.07, 6.45) is 4.93. The second-order valence-corrected chi connectivity index (χ2v) is 6.86. The van der Waals surface area contributed by atoms with Crippen LogP contribution in [0.3, 0.4) is 0 Å². The molecule has 0 bridgehead atoms. The molecule has 0 fully saturated rings. The molecule has 0 atom stereocenters. The summed E-state index contributed by atoms with van der Waals surface area (Å²) in [6, 6.07) is 26.4. The van der Waals surface area contributed by atoms with Crippen molar-refractivity contribution in [1.82, 2.24) is 0 Å². The highest BCUT2D eigenvalue weighted by Crippen LogP contribution is 2.30. The average molecular weight is 308 g/mol. The molecule has 0 heteroatoms. The van der Waals surface area contributed by atoms with Crippen LogP contribution in [0, 0.1) is 0 Å². The highest BCUT2D eigenvalue weighted by molar-refractivity contribution is 5.91. The third kappa shape index (κ3) is 2.14. The minimum absolute atomic E-state index is 1.23. The van der Waals surface area contributed by atoms with Crippen molar-refractivity contribution in [2.75, 3.05) is 0 Å². The molecule has 2 aliphatic carbocycles. The summed E-state index contributed by atoms with van der Waals surface area (Å²) in [7, 11) is 0. The quantitative estimate of drug-likeness (QED) is 0.381. The van der Waals surface area contributed by atoms with Crippen LogP contribution < -0.4 is 0 Å². The van der Waals surface area contributed by atoms with E-state index in [1.807, 2.05) is 0 Å². The summed E-state index contributed by atoms with van der Waals surface area (Å²) < 4.78 is 0. The molecule has 0 spiro atoms. The first-order valence-electron chi connectivity index (χ1n) is 8.89. The summed E-state index contributed by atoms with van der Waals surface area (Å²) in [6.45, 7) is 0. The Bertz CT molecular complexity index is 891. The van der Waals surface area contributed by atoms with E-state index in [1.165, 1.54) is 69.5 Å². The van der Waals surface area contributed by atoms with Crippen LogP contribution in [0.15, 0.2) is 72.8 Å². The second-order valence-electron chi connectivity index (χ2n) is 6.86. The molecule has 0 saturated carbocycles. The van der Waals surface area contributed by atoms with Gasteiger partial charge < -0.3 is 0 Å². The molecule has 0 saturated heterocycles. The summed E-state index contributed by atoms with van der Waals surface area (Å²) in [4.78, 5) is 0. The molecule has 0 radical (unpaired) electrons. The Morgan fingerprint density at radius 2 is 0.667 bits per heavy atom. The molecule has 4 aromatic carbocycles. The van der Waals surface area contributed by atoms with Crippen molar-refractivity contribution < 1.29 is 0 Å². The standard InChI is InChI=1S/2C12H10/c2*1-3-9-4-2-6-11-8-7-10(5-1)12(9)11/h2*1-6H,7-8H2. The second kappa shape index (κ2) is 5.49. The SMILES string of the molecule is c1cc2c3c(cccc3c1)CC2.c1cc2c3c(cccc3c1)CC2. The number of rotatable bonds is 0. The maximum absolute atomic E-state index is 2.25. The molecular weight excluding hydrogens is 288 g/mol. The average Bonchev–Trinajstić information content (AvgIpc) is 3.24. The molecule has 0 heterocycles. The lowest BCUT2D eigenvalue weighted by Gasteiger charge is -1.99. The lowest BCUT2D eigenvalue weighted by atomic mass is 10.1. The molecule has 6 rings (SSSR count). The van der Waals surface area contributed by atoms with Gasteiger partial charge in [-0.15, -0.1) is 0 Å². The normalized spacial score (nSPS) is 14.0. The van der Waals surface area contributed by atoms with Gasteiger partial charge in [-0.05, 0) is 69.5 Å². The zero-order valence-electron chi connectivity index (χ0n) is 13.8. The van der Waals surface area contributed by atoms with E-state index in [4.69, 9.17) is 0 Å². The Balaban J connectivity index is 0.000000109. The lowest BCUT2D eigenvalue weighted by molar-refractivity contribution is 1.02. The first-order valence-corrected chi connectivity index (χ1v) is 8.89. The molecular formula is C24H20. The summed E-state index contributed by atoms with van der Waals surface area (Å²) >= 11 is 0. The van der Waals surface area contributed by atoms with Crippen LogP contribution in [-0.4, -0.2) is 0 Å². The van der Waals surface area contributed by atoms with E-state index >= 15 is 0 Å². The van der Waals surface area contributed by atoms with Crippen molar-refractivity contribution in [2.24, 2.45) is 0 Å². The highest BCUT2D eigenvalue weighted by atomic mass is 14.2. The summed E-state index contributed by atoms with van der Waals surface area (Å²) in [5.74, 6) is 0. The molecule has 0 aliphatic heterocycles. The van der Waals surface area contributed by atoms with E-state index in [0.29, 0.717) is 0 Å². The molecule has 0 amide bonds. The van der Waals surface area contributed by atoms with Gasteiger partial charge in [0.2, 0.25) is 0 Å². The fraction of sp³-hybridized carbons (Fsp3) is 0.167. The minimum Gasteiger partial charge on any atom is -0.0614 e. The molecule has 0 unspecified atom stereocenters. The zero-order valence-corrected chi connectivity index (χ0v) is 13.8. The number of benzene rings is 4. The molecule has 116 valence electrons. The van der Waals surface area contributed by atoms with Crippen LogP contribution in [0.2, 0.25) is 0 Å². The van der Waals surface area contributed by atoms with Crippen LogP contribution >= 0.6 is 0 Å². The van der Waals surface area contributed by atoms with E-state index in [2.05, 4.69) is 72.8 Å². The zero-order chi connectivity index (χ0) is 15.9. The first kappa shape index (κ1) is 13.8. The maximum atomic E-state index is 2.25. The van der Waals surface area contributed by atoms with Gasteiger partial charge in [-0.3, -0.25) is 0 Å². The van der Waals surface area contributed by atoms with Gasteiger partial charge in [-0.2, -0.15) is 0 Å². The number of hydrogen-bond acceptors (Lipinski definition) is 0. The van der Waals surface area contributed by atoms with Gasteiger partial charge in [-0.1, -0.05) is 72.8 Å². The Hall–Kier alpha value is -2.60. The van der Waals surface area contributed by atoms with Crippen LogP contribution in [-0.2, 0) is 25.7 Å². The Morgan fingerprint density at radius 3 is 0.958 bits per heavy atom. The van der Waals surface area contributed by atoms with E-state index in [-0.39, 0.29) is 0 Å². The molecule has 4 aromatic rings. The van der Waals surface area contributed by atoms with Gasteiger partial charge in [0, 0.05) is 0 Å². The maximum Gasteiger partial charge on any atom is -0.0120 e. The number of hydrogen-bond donors (Lipinski definition) is 0. The summed E-state index contributed by atoms with van der Waals surface area (Å²) in [5.41, 5.74) is 6.12. The topological polar surface area (TPSA) is 0 Å². The predicted octanol–water partition coefficient (Wildman–Crippen LogP) is 5.88. The van der Waals surface area contributed by atoms with Crippen LogP contribution in [0.25, 0.3) is 21.5 Å². The van der Waals surface area contributed by atoms with Gasteiger partial charge in [0.15, 0.2) is 0 Å². The van der Waals surface area contributed by atoms with Gasteiger partial charge in [-0.25, -0.2) is 0 Å². The fourth-order valence-electron chi connectivity index (χ4n) is 4.38. The van der Waals surface area contributed by atoms with E-state index in [9.17, 15) is 0 Å². The molecule has 2 aliphatic rings. The molecule has 0 N–H and O–H groups in total. The Kier molecular flexibility index (Phi) is 3.16. The predicted molar refractivity (Wildman–Crippen MR) is 103 cm³/mol. The van der Waals surface area contributed by atoms with Gasteiger partial charge in [0.05, 0.1) is 0 Å². The van der Waals surface area contributed by atoms with E-state index < -0.39 is 0 Å². The molecule has 24 heavy (non-hydrogen) atoms. The fourth-order valence-corrected chi connectivity index (χ4v) is 4.38. The van der Waals surface area contributed by atoms with Gasteiger partial charge in [0.25, 0.3) is 0 Å². The van der Waals surface area contributed by atoms with Crippen LogP contribution in [0.5, 0.6) is 0 Å². The monoisotopic (exact) mass is 308 g/mol. The van der Waals surface area contributed by atoms with Crippen molar-refractivity contribution in [1.29, 1.82) is 0 Å². The lowest BCUT2D eigenvalue weighted by Crippen LogP contribution is -1.76. The highest BCUT2D eigenvalue weighted by Gasteiger charge is 2.12. The minimum atomic E-state index is 1.23. The third-order valence-electron chi connectivity index (χ3n) is 5.48. The van der Waals surface area contributed by atoms with Crippen molar-refractivity contribution in [2.45, 2.75) is 25.7 Å². The van der Waals surface area contributed by atoms with Crippen molar-refractivity contribution in [3.05, 3.63) is 95.1 Å². The number of aryl methyl sites for hydroxylation is 4. The summed E-state index contributed by atoms with van der Waals surface area (Å²) in [5, 5.41) is 5.84. The smallest absolute Gasteiger partial charge is 0.0120 e. The van der Waals surface area contributed by atoms with Crippen LogP contribution in [0.4, 0.5) is 0 Å². The molecule has 0 nitrogen and oxygen atoms in total.